The van der Waals surface area contributed by atoms with Crippen LogP contribution in [0.15, 0.2) is 78.3 Å². The first-order chi connectivity index (χ1) is 15.5. The zero-order valence-electron chi connectivity index (χ0n) is 17.6. The summed E-state index contributed by atoms with van der Waals surface area (Å²) in [4.78, 5) is 14.5. The molecule has 0 aliphatic rings. The summed E-state index contributed by atoms with van der Waals surface area (Å²) in [6, 6.07) is 17.9. The van der Waals surface area contributed by atoms with E-state index >= 15 is 0 Å². The Kier molecular flexibility index (Phi) is 8.27. The Balaban J connectivity index is 0.000000913. The second kappa shape index (κ2) is 11.3. The van der Waals surface area contributed by atoms with E-state index < -0.39 is 0 Å². The Hall–Kier alpha value is -3.33. The number of anilines is 1. The van der Waals surface area contributed by atoms with Gasteiger partial charge in [0.15, 0.2) is 0 Å². The van der Waals surface area contributed by atoms with E-state index in [1.54, 1.807) is 25.3 Å². The number of pyridine rings is 1. The second-order valence-corrected chi connectivity index (χ2v) is 7.42. The van der Waals surface area contributed by atoms with E-state index in [2.05, 4.69) is 26.8 Å². The van der Waals surface area contributed by atoms with Crippen LogP contribution >= 0.6 is 11.9 Å². The topological polar surface area (TPSA) is 97.0 Å². The van der Waals surface area contributed by atoms with Gasteiger partial charge in [0, 0.05) is 23.6 Å². The third-order valence-corrected chi connectivity index (χ3v) is 4.99. The average Bonchev–Trinajstić information content (AvgIpc) is 2.83. The van der Waals surface area contributed by atoms with Gasteiger partial charge in [-0.05, 0) is 66.4 Å². The minimum absolute atomic E-state index is 0.250. The van der Waals surface area contributed by atoms with Crippen molar-refractivity contribution in [3.63, 3.8) is 0 Å². The SMILES string of the molecule is C=C(c1ccc(F)cc1)c1ccc2nc(NCc3ccc(SN)cc3)ncc2n1.CCO. The van der Waals surface area contributed by atoms with Crippen LogP contribution < -0.4 is 10.5 Å². The Morgan fingerprint density at radius 1 is 1.03 bits per heavy atom. The van der Waals surface area contributed by atoms with Crippen LogP contribution in [0.2, 0.25) is 0 Å². The molecule has 0 bridgehead atoms. The molecule has 4 aromatic rings. The highest BCUT2D eigenvalue weighted by atomic mass is 32.2. The van der Waals surface area contributed by atoms with Gasteiger partial charge < -0.3 is 10.4 Å². The molecule has 0 saturated carbocycles. The Morgan fingerprint density at radius 3 is 2.38 bits per heavy atom. The molecule has 4 N–H and O–H groups in total. The highest BCUT2D eigenvalue weighted by molar-refractivity contribution is 7.97. The molecule has 2 aromatic carbocycles. The van der Waals surface area contributed by atoms with Gasteiger partial charge in [0.25, 0.3) is 0 Å². The normalized spacial score (nSPS) is 10.4. The fourth-order valence-electron chi connectivity index (χ4n) is 2.84. The maximum Gasteiger partial charge on any atom is 0.223 e. The Labute approximate surface area is 190 Å². The Morgan fingerprint density at radius 2 is 1.72 bits per heavy atom. The molecule has 164 valence electrons. The van der Waals surface area contributed by atoms with E-state index in [1.165, 1.54) is 24.1 Å². The lowest BCUT2D eigenvalue weighted by Crippen LogP contribution is -2.04. The number of nitrogens with two attached hydrogens (primary N) is 1. The standard InChI is InChI=1S/C22H18FN5S.C2H6O/c1-14(16-4-6-17(23)7-5-16)19-10-11-20-21(27-19)13-26-22(28-20)25-12-15-2-8-18(29-24)9-3-15;1-2-3/h2-11,13H,1,12,24H2,(H,25,26,28);3H,2H2,1H3. The van der Waals surface area contributed by atoms with Crippen LogP contribution in [0.5, 0.6) is 0 Å². The van der Waals surface area contributed by atoms with Crippen molar-refractivity contribution in [2.75, 3.05) is 11.9 Å². The van der Waals surface area contributed by atoms with Crippen molar-refractivity contribution in [1.82, 2.24) is 15.0 Å². The summed E-state index contributed by atoms with van der Waals surface area (Å²) >= 11 is 1.22. The second-order valence-electron chi connectivity index (χ2n) is 6.71. The van der Waals surface area contributed by atoms with Gasteiger partial charge >= 0.3 is 0 Å². The first-order valence-corrected chi connectivity index (χ1v) is 10.8. The molecule has 2 aromatic heterocycles. The maximum absolute atomic E-state index is 13.1. The molecule has 0 fully saturated rings. The largest absolute Gasteiger partial charge is 0.397 e. The summed E-state index contributed by atoms with van der Waals surface area (Å²) < 4.78 is 13.1. The molecule has 4 rings (SSSR count). The summed E-state index contributed by atoms with van der Waals surface area (Å²) in [5.74, 6) is 0.248. The van der Waals surface area contributed by atoms with E-state index in [1.807, 2.05) is 36.4 Å². The highest BCUT2D eigenvalue weighted by Gasteiger charge is 2.08. The first-order valence-electron chi connectivity index (χ1n) is 9.93. The van der Waals surface area contributed by atoms with Crippen molar-refractivity contribution in [3.05, 3.63) is 96.1 Å². The van der Waals surface area contributed by atoms with Gasteiger partial charge in [-0.3, -0.25) is 5.14 Å². The fraction of sp³-hybridized carbons (Fsp3) is 0.125. The number of nitrogens with one attached hydrogen (secondary N) is 1. The molecule has 6 nitrogen and oxygen atoms in total. The zero-order chi connectivity index (χ0) is 22.9. The zero-order valence-corrected chi connectivity index (χ0v) is 18.4. The third-order valence-electron chi connectivity index (χ3n) is 4.45. The lowest BCUT2D eigenvalue weighted by Gasteiger charge is -2.08. The minimum atomic E-state index is -0.282. The van der Waals surface area contributed by atoms with Gasteiger partial charge in [-0.1, -0.05) is 30.8 Å². The molecule has 0 spiro atoms. The number of hydrogen-bond acceptors (Lipinski definition) is 7. The molecule has 0 unspecified atom stereocenters. The number of aromatic nitrogens is 3. The van der Waals surface area contributed by atoms with Crippen molar-refractivity contribution in [2.45, 2.75) is 18.4 Å². The van der Waals surface area contributed by atoms with Crippen molar-refractivity contribution in [2.24, 2.45) is 5.14 Å². The van der Waals surface area contributed by atoms with E-state index in [0.717, 1.165) is 21.5 Å². The summed E-state index contributed by atoms with van der Waals surface area (Å²) in [6.45, 7) is 6.61. The summed E-state index contributed by atoms with van der Waals surface area (Å²) in [7, 11) is 0. The molecule has 0 amide bonds. The number of benzene rings is 2. The van der Waals surface area contributed by atoms with Crippen LogP contribution in [-0.4, -0.2) is 26.7 Å². The maximum atomic E-state index is 13.1. The summed E-state index contributed by atoms with van der Waals surface area (Å²) in [5, 5.41) is 16.3. The summed E-state index contributed by atoms with van der Waals surface area (Å²) in [5.41, 5.74) is 4.74. The van der Waals surface area contributed by atoms with Crippen LogP contribution in [0.3, 0.4) is 0 Å². The molecule has 2 heterocycles. The van der Waals surface area contributed by atoms with Gasteiger partial charge in [0.2, 0.25) is 5.95 Å². The van der Waals surface area contributed by atoms with Crippen molar-refractivity contribution in [1.29, 1.82) is 0 Å². The predicted molar refractivity (Wildman–Crippen MR) is 128 cm³/mol. The molecule has 0 saturated heterocycles. The Bertz CT molecular complexity index is 1180. The van der Waals surface area contributed by atoms with E-state index in [9.17, 15) is 4.39 Å². The van der Waals surface area contributed by atoms with Crippen molar-refractivity contribution >= 4 is 34.5 Å². The van der Waals surface area contributed by atoms with Gasteiger partial charge in [0.05, 0.1) is 17.4 Å². The van der Waals surface area contributed by atoms with Gasteiger partial charge in [0.1, 0.15) is 11.3 Å². The number of fused-ring (bicyclic) bond motifs is 1. The molecular weight excluding hydrogens is 425 g/mol. The lowest BCUT2D eigenvalue weighted by atomic mass is 10.0. The monoisotopic (exact) mass is 449 g/mol. The number of hydrogen-bond donors (Lipinski definition) is 3. The van der Waals surface area contributed by atoms with E-state index in [0.29, 0.717) is 29.3 Å². The average molecular weight is 450 g/mol. The number of rotatable bonds is 6. The first kappa shape index (κ1) is 23.3. The smallest absolute Gasteiger partial charge is 0.223 e. The van der Waals surface area contributed by atoms with E-state index in [-0.39, 0.29) is 12.4 Å². The van der Waals surface area contributed by atoms with Crippen molar-refractivity contribution in [3.8, 4) is 0 Å². The molecule has 32 heavy (non-hydrogen) atoms. The lowest BCUT2D eigenvalue weighted by molar-refractivity contribution is 0.318. The summed E-state index contributed by atoms with van der Waals surface area (Å²) in [6.07, 6.45) is 1.68. The highest BCUT2D eigenvalue weighted by Crippen LogP contribution is 2.22. The molecule has 0 aliphatic heterocycles. The fourth-order valence-corrected chi connectivity index (χ4v) is 3.13. The van der Waals surface area contributed by atoms with Gasteiger partial charge in [-0.2, -0.15) is 0 Å². The minimum Gasteiger partial charge on any atom is -0.397 e. The third kappa shape index (κ3) is 6.10. The quantitative estimate of drug-likeness (QED) is 0.364. The van der Waals surface area contributed by atoms with Crippen LogP contribution in [0.25, 0.3) is 16.6 Å². The van der Waals surface area contributed by atoms with Crippen LogP contribution in [-0.2, 0) is 6.54 Å². The van der Waals surface area contributed by atoms with Gasteiger partial charge in [-0.25, -0.2) is 19.3 Å². The van der Waals surface area contributed by atoms with E-state index in [4.69, 9.17) is 10.2 Å². The number of aliphatic hydroxyl groups is 1. The van der Waals surface area contributed by atoms with Crippen LogP contribution in [0.1, 0.15) is 23.7 Å². The molecule has 0 radical (unpaired) electrons. The number of nitrogens with zero attached hydrogens (tertiary/aromatic N) is 3. The molecule has 8 heteroatoms. The van der Waals surface area contributed by atoms with Crippen LogP contribution in [0.4, 0.5) is 10.3 Å². The molecule has 0 atom stereocenters. The molecule has 0 aliphatic carbocycles. The number of aliphatic hydroxyl groups excluding tert-OH is 1. The van der Waals surface area contributed by atoms with Crippen molar-refractivity contribution < 1.29 is 9.50 Å². The van der Waals surface area contributed by atoms with Gasteiger partial charge in [-0.15, -0.1) is 0 Å². The van der Waals surface area contributed by atoms with Crippen LogP contribution in [0, 0.1) is 5.82 Å². The predicted octanol–water partition coefficient (Wildman–Crippen LogP) is 4.80. The molecular formula is C24H24FN5OS. The number of halogens is 1.